The molecule has 0 saturated heterocycles. The molecule has 0 fully saturated rings. The number of H-pyrrole nitrogens is 1. The third kappa shape index (κ3) is 4.52. The average Bonchev–Trinajstić information content (AvgIpc) is 3.10. The summed E-state index contributed by atoms with van der Waals surface area (Å²) in [6.45, 7) is 1.93. The fourth-order valence-electron chi connectivity index (χ4n) is 3.32. The van der Waals surface area contributed by atoms with Crippen molar-refractivity contribution >= 4 is 22.8 Å². The topological polar surface area (TPSA) is 91.4 Å². The minimum atomic E-state index is -1.05. The van der Waals surface area contributed by atoms with Gasteiger partial charge in [-0.05, 0) is 35.2 Å². The number of methoxy groups -OCH3 is 1. The van der Waals surface area contributed by atoms with E-state index in [1.807, 2.05) is 55.5 Å². The zero-order valence-corrected chi connectivity index (χ0v) is 15.9. The molecule has 3 N–H and O–H groups in total. The second-order valence-corrected chi connectivity index (χ2v) is 6.90. The molecule has 0 aliphatic rings. The number of rotatable bonds is 8. The Labute approximate surface area is 163 Å². The van der Waals surface area contributed by atoms with Crippen LogP contribution in [0.1, 0.15) is 30.4 Å². The largest absolute Gasteiger partial charge is 0.497 e. The van der Waals surface area contributed by atoms with Crippen LogP contribution < -0.4 is 10.1 Å². The zero-order chi connectivity index (χ0) is 20.1. The van der Waals surface area contributed by atoms with Crippen LogP contribution in [0.2, 0.25) is 0 Å². The van der Waals surface area contributed by atoms with Crippen LogP contribution in [0.25, 0.3) is 10.9 Å². The van der Waals surface area contributed by atoms with Crippen molar-refractivity contribution in [3.05, 3.63) is 65.9 Å². The van der Waals surface area contributed by atoms with Crippen molar-refractivity contribution in [3.8, 4) is 5.75 Å². The number of fused-ring (bicyclic) bond motifs is 1. The zero-order valence-electron chi connectivity index (χ0n) is 15.9. The molecule has 0 radical (unpaired) electrons. The van der Waals surface area contributed by atoms with Crippen LogP contribution in [-0.4, -0.2) is 35.1 Å². The molecule has 1 amide bonds. The minimum absolute atomic E-state index is 0.0577. The maximum atomic E-state index is 12.5. The molecule has 0 spiro atoms. The summed E-state index contributed by atoms with van der Waals surface area (Å²) < 4.78 is 5.22. The summed E-state index contributed by atoms with van der Waals surface area (Å²) in [6, 6.07) is 14.2. The number of hydrogen-bond donors (Lipinski definition) is 3. The maximum absolute atomic E-state index is 12.5. The van der Waals surface area contributed by atoms with Crippen LogP contribution in [0, 0.1) is 0 Å². The Kier molecular flexibility index (Phi) is 5.99. The highest BCUT2D eigenvalue weighted by molar-refractivity contribution is 5.87. The normalized spacial score (nSPS) is 13.1. The van der Waals surface area contributed by atoms with E-state index in [1.165, 1.54) is 0 Å². The predicted molar refractivity (Wildman–Crippen MR) is 108 cm³/mol. The number of aromatic amines is 1. The van der Waals surface area contributed by atoms with E-state index < -0.39 is 12.0 Å². The molecule has 6 nitrogen and oxygen atoms in total. The van der Waals surface area contributed by atoms with Crippen molar-refractivity contribution in [1.82, 2.24) is 10.3 Å². The van der Waals surface area contributed by atoms with Gasteiger partial charge in [0, 0.05) is 29.9 Å². The Bertz CT molecular complexity index is 979. The lowest BCUT2D eigenvalue weighted by atomic mass is 9.97. The highest BCUT2D eigenvalue weighted by Gasteiger charge is 2.23. The highest BCUT2D eigenvalue weighted by Crippen LogP contribution is 2.23. The molecule has 0 aliphatic carbocycles. The number of carboxylic acid groups (broad SMARTS) is 1. The number of amides is 1. The lowest BCUT2D eigenvalue weighted by molar-refractivity contribution is -0.141. The Balaban J connectivity index is 1.66. The Morgan fingerprint density at radius 2 is 1.96 bits per heavy atom. The van der Waals surface area contributed by atoms with Gasteiger partial charge in [0.2, 0.25) is 5.91 Å². The minimum Gasteiger partial charge on any atom is -0.497 e. The quantitative estimate of drug-likeness (QED) is 0.558. The van der Waals surface area contributed by atoms with Gasteiger partial charge in [-0.1, -0.05) is 37.3 Å². The van der Waals surface area contributed by atoms with Gasteiger partial charge in [-0.3, -0.25) is 4.79 Å². The molecule has 1 aromatic heterocycles. The van der Waals surface area contributed by atoms with Gasteiger partial charge in [0.25, 0.3) is 0 Å². The van der Waals surface area contributed by atoms with E-state index in [1.54, 1.807) is 13.3 Å². The van der Waals surface area contributed by atoms with E-state index in [0.717, 1.165) is 27.8 Å². The van der Waals surface area contributed by atoms with Gasteiger partial charge in [-0.2, -0.15) is 0 Å². The molecule has 28 heavy (non-hydrogen) atoms. The van der Waals surface area contributed by atoms with Gasteiger partial charge in [0.15, 0.2) is 0 Å². The van der Waals surface area contributed by atoms with Crippen molar-refractivity contribution < 1.29 is 19.4 Å². The standard InChI is InChI=1S/C22H24N2O4/c1-14(15-6-5-7-17(11-15)28-2)10-21(25)24-20(22(26)27)12-16-13-23-19-9-4-3-8-18(16)19/h3-9,11,13-14,20,23H,10,12H2,1-2H3,(H,24,25)(H,26,27). The fourth-order valence-corrected chi connectivity index (χ4v) is 3.32. The first-order valence-electron chi connectivity index (χ1n) is 9.19. The highest BCUT2D eigenvalue weighted by atomic mass is 16.5. The molecule has 0 bridgehead atoms. The van der Waals surface area contributed by atoms with E-state index in [-0.39, 0.29) is 24.7 Å². The van der Waals surface area contributed by atoms with E-state index in [4.69, 9.17) is 4.74 Å². The molecule has 2 atom stereocenters. The van der Waals surface area contributed by atoms with E-state index >= 15 is 0 Å². The van der Waals surface area contributed by atoms with Gasteiger partial charge < -0.3 is 20.1 Å². The van der Waals surface area contributed by atoms with Gasteiger partial charge in [-0.25, -0.2) is 4.79 Å². The molecule has 6 heteroatoms. The number of ether oxygens (including phenoxy) is 1. The summed E-state index contributed by atoms with van der Waals surface area (Å²) in [6.07, 6.45) is 2.22. The van der Waals surface area contributed by atoms with Crippen LogP contribution in [0.5, 0.6) is 5.75 Å². The number of para-hydroxylation sites is 1. The van der Waals surface area contributed by atoms with Crippen LogP contribution >= 0.6 is 0 Å². The number of carbonyl (C=O) groups is 2. The molecule has 0 saturated carbocycles. The van der Waals surface area contributed by atoms with Crippen molar-refractivity contribution in [3.63, 3.8) is 0 Å². The van der Waals surface area contributed by atoms with E-state index in [9.17, 15) is 14.7 Å². The number of hydrogen-bond acceptors (Lipinski definition) is 3. The number of benzene rings is 2. The molecule has 0 aliphatic heterocycles. The van der Waals surface area contributed by atoms with Gasteiger partial charge in [0.05, 0.1) is 7.11 Å². The molecule has 2 unspecified atom stereocenters. The first-order chi connectivity index (χ1) is 13.5. The SMILES string of the molecule is COc1cccc(C(C)CC(=O)NC(Cc2c[nH]c3ccccc23)C(=O)O)c1. The number of carboxylic acids is 1. The third-order valence-electron chi connectivity index (χ3n) is 4.89. The lowest BCUT2D eigenvalue weighted by Crippen LogP contribution is -2.42. The number of aromatic nitrogens is 1. The second kappa shape index (κ2) is 8.61. The number of nitrogens with one attached hydrogen (secondary N) is 2. The maximum Gasteiger partial charge on any atom is 0.326 e. The third-order valence-corrected chi connectivity index (χ3v) is 4.89. The van der Waals surface area contributed by atoms with E-state index in [0.29, 0.717) is 0 Å². The smallest absolute Gasteiger partial charge is 0.326 e. The second-order valence-electron chi connectivity index (χ2n) is 6.90. The average molecular weight is 380 g/mol. The Morgan fingerprint density at radius 1 is 1.18 bits per heavy atom. The Hall–Kier alpha value is -3.28. The van der Waals surface area contributed by atoms with Crippen LogP contribution in [0.3, 0.4) is 0 Å². The summed E-state index contributed by atoms with van der Waals surface area (Å²) in [5.74, 6) is -0.666. The van der Waals surface area contributed by atoms with Gasteiger partial charge in [-0.15, -0.1) is 0 Å². The predicted octanol–water partition coefficient (Wildman–Crippen LogP) is 3.48. The summed E-state index contributed by atoms with van der Waals surface area (Å²) in [5.41, 5.74) is 2.78. The molecule has 3 rings (SSSR count). The monoisotopic (exact) mass is 380 g/mol. The van der Waals surface area contributed by atoms with Crippen molar-refractivity contribution in [2.45, 2.75) is 31.7 Å². The molecule has 146 valence electrons. The molecule has 2 aromatic carbocycles. The van der Waals surface area contributed by atoms with Crippen LogP contribution in [-0.2, 0) is 16.0 Å². The summed E-state index contributed by atoms with van der Waals surface area (Å²) in [4.78, 5) is 27.3. The number of carbonyl (C=O) groups excluding carboxylic acids is 1. The number of aliphatic carboxylic acids is 1. The lowest BCUT2D eigenvalue weighted by Gasteiger charge is -2.17. The molecule has 1 heterocycles. The fraction of sp³-hybridized carbons (Fsp3) is 0.273. The van der Waals surface area contributed by atoms with Crippen LogP contribution in [0.15, 0.2) is 54.7 Å². The Morgan fingerprint density at radius 3 is 2.71 bits per heavy atom. The molecular formula is C22H24N2O4. The summed E-state index contributed by atoms with van der Waals surface area (Å²) >= 11 is 0. The summed E-state index contributed by atoms with van der Waals surface area (Å²) in [7, 11) is 1.60. The van der Waals surface area contributed by atoms with Crippen molar-refractivity contribution in [1.29, 1.82) is 0 Å². The van der Waals surface area contributed by atoms with Crippen LogP contribution in [0.4, 0.5) is 0 Å². The first-order valence-corrected chi connectivity index (χ1v) is 9.19. The first kappa shape index (κ1) is 19.5. The molecule has 3 aromatic rings. The molecular weight excluding hydrogens is 356 g/mol. The van der Waals surface area contributed by atoms with Crippen molar-refractivity contribution in [2.75, 3.05) is 7.11 Å². The van der Waals surface area contributed by atoms with Crippen molar-refractivity contribution in [2.24, 2.45) is 0 Å². The van der Waals surface area contributed by atoms with E-state index in [2.05, 4.69) is 10.3 Å². The van der Waals surface area contributed by atoms with Gasteiger partial charge >= 0.3 is 5.97 Å². The van der Waals surface area contributed by atoms with Gasteiger partial charge in [0.1, 0.15) is 11.8 Å². The summed E-state index contributed by atoms with van der Waals surface area (Å²) in [5, 5.41) is 13.2.